The molecule has 5 nitrogen and oxygen atoms in total. The second kappa shape index (κ2) is 7.59. The van der Waals surface area contributed by atoms with Crippen LogP contribution in [0, 0.1) is 5.92 Å². The Kier molecular flexibility index (Phi) is 5.51. The van der Waals surface area contributed by atoms with Crippen LogP contribution in [0.2, 0.25) is 0 Å². The Hall–Kier alpha value is -2.14. The third-order valence-corrected chi connectivity index (χ3v) is 3.34. The monoisotopic (exact) mass is 286 g/mol. The van der Waals surface area contributed by atoms with Crippen LogP contribution >= 0.6 is 0 Å². The maximum Gasteiger partial charge on any atom is 0.237 e. The minimum Gasteiger partial charge on any atom is -0.354 e. The van der Waals surface area contributed by atoms with Gasteiger partial charge in [-0.1, -0.05) is 37.3 Å². The van der Waals surface area contributed by atoms with E-state index in [2.05, 4.69) is 17.2 Å². The van der Waals surface area contributed by atoms with Gasteiger partial charge in [-0.25, -0.2) is 4.98 Å². The first-order chi connectivity index (χ1) is 10.1. The summed E-state index contributed by atoms with van der Waals surface area (Å²) in [7, 11) is 0. The average Bonchev–Trinajstić information content (AvgIpc) is 2.98. The summed E-state index contributed by atoms with van der Waals surface area (Å²) in [5.41, 5.74) is 7.02. The second-order valence-electron chi connectivity index (χ2n) is 5.41. The van der Waals surface area contributed by atoms with Crippen LogP contribution in [0.25, 0.3) is 0 Å². The molecule has 0 aliphatic carbocycles. The molecule has 1 amide bonds. The van der Waals surface area contributed by atoms with Crippen LogP contribution in [0.15, 0.2) is 49.1 Å². The highest BCUT2D eigenvalue weighted by Crippen LogP contribution is 2.03. The number of benzene rings is 1. The Morgan fingerprint density at radius 3 is 2.81 bits per heavy atom. The molecule has 112 valence electrons. The number of rotatable bonds is 7. The van der Waals surface area contributed by atoms with Crippen molar-refractivity contribution in [1.82, 2.24) is 14.9 Å². The highest BCUT2D eigenvalue weighted by Gasteiger charge is 2.14. The molecule has 0 bridgehead atoms. The number of carbonyl (C=O) groups is 1. The summed E-state index contributed by atoms with van der Waals surface area (Å²) in [6.07, 6.45) is 6.00. The number of nitrogens with two attached hydrogens (primary N) is 1. The van der Waals surface area contributed by atoms with Gasteiger partial charge in [-0.2, -0.15) is 0 Å². The number of aromatic nitrogens is 2. The van der Waals surface area contributed by atoms with E-state index in [0.29, 0.717) is 18.9 Å². The van der Waals surface area contributed by atoms with Crippen molar-refractivity contribution in [3.8, 4) is 0 Å². The topological polar surface area (TPSA) is 72.9 Å². The lowest BCUT2D eigenvalue weighted by molar-refractivity contribution is -0.122. The standard InChI is InChI=1S/C16H22N4O/c1-13(11-20-8-7-18-12-20)10-19-16(21)15(17)9-14-5-3-2-4-6-14/h2-8,12-13,15H,9-11,17H2,1H3,(H,19,21). The van der Waals surface area contributed by atoms with Crippen molar-refractivity contribution in [1.29, 1.82) is 0 Å². The molecule has 1 aromatic heterocycles. The predicted molar refractivity (Wildman–Crippen MR) is 82.5 cm³/mol. The molecule has 0 saturated carbocycles. The Morgan fingerprint density at radius 1 is 1.38 bits per heavy atom. The zero-order valence-corrected chi connectivity index (χ0v) is 12.3. The fourth-order valence-electron chi connectivity index (χ4n) is 2.19. The van der Waals surface area contributed by atoms with Crippen molar-refractivity contribution < 1.29 is 4.79 Å². The Morgan fingerprint density at radius 2 is 2.14 bits per heavy atom. The molecule has 1 aromatic carbocycles. The summed E-state index contributed by atoms with van der Waals surface area (Å²) in [4.78, 5) is 16.0. The van der Waals surface area contributed by atoms with Gasteiger partial charge in [0, 0.05) is 25.5 Å². The average molecular weight is 286 g/mol. The quantitative estimate of drug-likeness (QED) is 0.803. The summed E-state index contributed by atoms with van der Waals surface area (Å²) in [5, 5.41) is 2.92. The van der Waals surface area contributed by atoms with Crippen molar-refractivity contribution in [3.05, 3.63) is 54.6 Å². The fourth-order valence-corrected chi connectivity index (χ4v) is 2.19. The van der Waals surface area contributed by atoms with E-state index >= 15 is 0 Å². The van der Waals surface area contributed by atoms with Crippen molar-refractivity contribution in [2.75, 3.05) is 6.54 Å². The Labute approximate surface area is 125 Å². The van der Waals surface area contributed by atoms with Gasteiger partial charge in [-0.3, -0.25) is 4.79 Å². The van der Waals surface area contributed by atoms with E-state index < -0.39 is 6.04 Å². The second-order valence-corrected chi connectivity index (χ2v) is 5.41. The number of hydrogen-bond acceptors (Lipinski definition) is 3. The molecule has 2 unspecified atom stereocenters. The number of nitrogens with one attached hydrogen (secondary N) is 1. The maximum atomic E-state index is 12.0. The third kappa shape index (κ3) is 5.04. The number of carbonyl (C=O) groups excluding carboxylic acids is 1. The van der Waals surface area contributed by atoms with Crippen LogP contribution in [-0.2, 0) is 17.8 Å². The zero-order chi connectivity index (χ0) is 15.1. The number of hydrogen-bond donors (Lipinski definition) is 2. The van der Waals surface area contributed by atoms with E-state index in [1.54, 1.807) is 12.5 Å². The van der Waals surface area contributed by atoms with E-state index in [1.807, 2.05) is 41.1 Å². The Balaban J connectivity index is 1.73. The van der Waals surface area contributed by atoms with Gasteiger partial charge in [-0.15, -0.1) is 0 Å². The fraction of sp³-hybridized carbons (Fsp3) is 0.375. The van der Waals surface area contributed by atoms with Gasteiger partial charge in [0.2, 0.25) is 5.91 Å². The van der Waals surface area contributed by atoms with Gasteiger partial charge in [0.05, 0.1) is 12.4 Å². The molecule has 2 aromatic rings. The predicted octanol–water partition coefficient (Wildman–Crippen LogP) is 1.21. The van der Waals surface area contributed by atoms with E-state index in [0.717, 1.165) is 12.1 Å². The van der Waals surface area contributed by atoms with Crippen LogP contribution < -0.4 is 11.1 Å². The molecule has 0 aliphatic rings. The van der Waals surface area contributed by atoms with Gasteiger partial charge >= 0.3 is 0 Å². The molecule has 0 spiro atoms. The highest BCUT2D eigenvalue weighted by molar-refractivity contribution is 5.81. The van der Waals surface area contributed by atoms with E-state index in [9.17, 15) is 4.79 Å². The van der Waals surface area contributed by atoms with Gasteiger partial charge in [0.1, 0.15) is 0 Å². The first-order valence-corrected chi connectivity index (χ1v) is 7.18. The number of amides is 1. The van der Waals surface area contributed by atoms with Crippen molar-refractivity contribution in [3.63, 3.8) is 0 Å². The summed E-state index contributed by atoms with van der Waals surface area (Å²) < 4.78 is 2.00. The first kappa shape index (κ1) is 15.3. The van der Waals surface area contributed by atoms with Crippen LogP contribution in [-0.4, -0.2) is 28.0 Å². The smallest absolute Gasteiger partial charge is 0.237 e. The molecule has 2 rings (SSSR count). The summed E-state index contributed by atoms with van der Waals surface area (Å²) >= 11 is 0. The van der Waals surface area contributed by atoms with E-state index in [4.69, 9.17) is 5.73 Å². The van der Waals surface area contributed by atoms with Gasteiger partial charge in [0.25, 0.3) is 0 Å². The van der Waals surface area contributed by atoms with E-state index in [1.165, 1.54) is 0 Å². The van der Waals surface area contributed by atoms with Crippen LogP contribution in [0.3, 0.4) is 0 Å². The molecule has 5 heteroatoms. The molecular weight excluding hydrogens is 264 g/mol. The molecule has 0 radical (unpaired) electrons. The lowest BCUT2D eigenvalue weighted by Gasteiger charge is -2.16. The SMILES string of the molecule is CC(CNC(=O)C(N)Cc1ccccc1)Cn1ccnc1. The highest BCUT2D eigenvalue weighted by atomic mass is 16.2. The van der Waals surface area contributed by atoms with Crippen molar-refractivity contribution >= 4 is 5.91 Å². The molecule has 1 heterocycles. The summed E-state index contributed by atoms with van der Waals surface area (Å²) in [5.74, 6) is 0.225. The van der Waals surface area contributed by atoms with Crippen molar-refractivity contribution in [2.24, 2.45) is 11.7 Å². The lowest BCUT2D eigenvalue weighted by atomic mass is 10.1. The number of imidazole rings is 1. The molecule has 0 saturated heterocycles. The van der Waals surface area contributed by atoms with Gasteiger partial charge < -0.3 is 15.6 Å². The normalized spacial score (nSPS) is 13.6. The molecule has 2 atom stereocenters. The molecule has 0 fully saturated rings. The van der Waals surface area contributed by atoms with Crippen LogP contribution in [0.5, 0.6) is 0 Å². The summed E-state index contributed by atoms with van der Waals surface area (Å²) in [6.45, 7) is 3.52. The molecule has 21 heavy (non-hydrogen) atoms. The molecular formula is C16H22N4O. The maximum absolute atomic E-state index is 12.0. The molecule has 3 N–H and O–H groups in total. The van der Waals surface area contributed by atoms with Gasteiger partial charge in [0.15, 0.2) is 0 Å². The number of nitrogens with zero attached hydrogens (tertiary/aromatic N) is 2. The lowest BCUT2D eigenvalue weighted by Crippen LogP contribution is -2.43. The minimum atomic E-state index is -0.507. The van der Waals surface area contributed by atoms with E-state index in [-0.39, 0.29) is 5.91 Å². The van der Waals surface area contributed by atoms with Crippen LogP contribution in [0.1, 0.15) is 12.5 Å². The first-order valence-electron chi connectivity index (χ1n) is 7.18. The minimum absolute atomic E-state index is 0.101. The summed E-state index contributed by atoms with van der Waals surface area (Å²) in [6, 6.07) is 9.31. The largest absolute Gasteiger partial charge is 0.354 e. The zero-order valence-electron chi connectivity index (χ0n) is 12.3. The molecule has 0 aliphatic heterocycles. The van der Waals surface area contributed by atoms with Crippen LogP contribution in [0.4, 0.5) is 0 Å². The third-order valence-electron chi connectivity index (χ3n) is 3.34. The van der Waals surface area contributed by atoms with Gasteiger partial charge in [-0.05, 0) is 17.9 Å². The van der Waals surface area contributed by atoms with Crippen molar-refractivity contribution in [2.45, 2.75) is 25.9 Å². The Bertz CT molecular complexity index is 539.